The van der Waals surface area contributed by atoms with Crippen molar-refractivity contribution in [3.8, 4) is 17.2 Å². The summed E-state index contributed by atoms with van der Waals surface area (Å²) in [7, 11) is 0. The molecular weight excluding hydrogens is 620 g/mol. The fourth-order valence-corrected chi connectivity index (χ4v) is 9.25. The van der Waals surface area contributed by atoms with Crippen LogP contribution in [0.2, 0.25) is 0 Å². The second-order valence-electron chi connectivity index (χ2n) is 14.9. The molecule has 8 rings (SSSR count). The van der Waals surface area contributed by atoms with Gasteiger partial charge in [0.05, 0.1) is 13.2 Å². The lowest BCUT2D eigenvalue weighted by atomic mass is 9.77. The van der Waals surface area contributed by atoms with Gasteiger partial charge in [-0.3, -0.25) is 0 Å². The summed E-state index contributed by atoms with van der Waals surface area (Å²) in [6.07, 6.45) is 18.3. The second-order valence-corrected chi connectivity index (χ2v) is 14.9. The summed E-state index contributed by atoms with van der Waals surface area (Å²) in [6.45, 7) is 5.38. The lowest BCUT2D eigenvalue weighted by Crippen LogP contribution is -2.29. The van der Waals surface area contributed by atoms with Crippen molar-refractivity contribution in [3.63, 3.8) is 0 Å². The Bertz CT molecular complexity index is 1600. The maximum absolute atomic E-state index is 14.4. The molecule has 4 nitrogen and oxygen atoms in total. The van der Waals surface area contributed by atoms with Crippen LogP contribution in [0.3, 0.4) is 0 Å². The molecule has 262 valence electrons. The lowest BCUT2D eigenvalue weighted by Gasteiger charge is -2.31. The maximum atomic E-state index is 14.4. The van der Waals surface area contributed by atoms with E-state index in [-0.39, 0.29) is 28.9 Å². The highest BCUT2D eigenvalue weighted by molar-refractivity contribution is 5.85. The molecule has 0 spiro atoms. The summed E-state index contributed by atoms with van der Waals surface area (Å²) in [5, 5.41) is 0.703. The van der Waals surface area contributed by atoms with Crippen molar-refractivity contribution in [3.05, 3.63) is 51.8 Å². The number of halogens is 4. The summed E-state index contributed by atoms with van der Waals surface area (Å²) in [5.74, 6) is 0.121. The molecule has 48 heavy (non-hydrogen) atoms. The van der Waals surface area contributed by atoms with Gasteiger partial charge >= 0.3 is 0 Å². The molecule has 4 heterocycles. The Hall–Kier alpha value is -2.90. The largest absolute Gasteiger partial charge is 0.490 e. The van der Waals surface area contributed by atoms with Gasteiger partial charge in [0.15, 0.2) is 22.8 Å². The fourth-order valence-electron chi connectivity index (χ4n) is 9.25. The lowest BCUT2D eigenvalue weighted by molar-refractivity contribution is 0.108. The maximum Gasteiger partial charge on any atom is 0.205 e. The van der Waals surface area contributed by atoms with Gasteiger partial charge < -0.3 is 18.6 Å². The van der Waals surface area contributed by atoms with E-state index in [0.717, 1.165) is 79.2 Å². The summed E-state index contributed by atoms with van der Waals surface area (Å²) in [5.41, 5.74) is 2.55. The Morgan fingerprint density at radius 1 is 0.646 bits per heavy atom. The quantitative estimate of drug-likeness (QED) is 0.245. The Balaban J connectivity index is 0.000000152. The van der Waals surface area contributed by atoms with Gasteiger partial charge in [0, 0.05) is 34.4 Å². The molecule has 0 N–H and O–H groups in total. The smallest absolute Gasteiger partial charge is 0.205 e. The SMILES string of the molecule is CCCC1CCC(C2Cc3c4c(c(F)c(F)c3O2)OCCC4)CC1.CCCC1CCC(c2cc3c4c(c(F)c(F)c3o2)OCCC4)CC1. The van der Waals surface area contributed by atoms with E-state index in [1.165, 1.54) is 51.4 Å². The molecule has 0 amide bonds. The predicted octanol–water partition coefficient (Wildman–Crippen LogP) is 11.3. The molecule has 2 saturated carbocycles. The number of aryl methyl sites for hydroxylation is 1. The van der Waals surface area contributed by atoms with Crippen LogP contribution in [0.15, 0.2) is 10.5 Å². The Morgan fingerprint density at radius 2 is 1.21 bits per heavy atom. The average molecular weight is 671 g/mol. The van der Waals surface area contributed by atoms with Gasteiger partial charge in [-0.05, 0) is 88.0 Å². The number of benzene rings is 2. The fraction of sp³-hybridized carbons (Fsp3) is 0.650. The van der Waals surface area contributed by atoms with E-state index >= 15 is 0 Å². The van der Waals surface area contributed by atoms with Crippen molar-refractivity contribution in [1.29, 1.82) is 0 Å². The van der Waals surface area contributed by atoms with Crippen LogP contribution in [0, 0.1) is 41.0 Å². The molecule has 8 heteroatoms. The highest BCUT2D eigenvalue weighted by Crippen LogP contribution is 2.47. The molecule has 2 fully saturated rings. The van der Waals surface area contributed by atoms with Crippen LogP contribution < -0.4 is 14.2 Å². The Labute approximate surface area is 281 Å². The van der Waals surface area contributed by atoms with Crippen molar-refractivity contribution in [2.75, 3.05) is 13.2 Å². The summed E-state index contributed by atoms with van der Waals surface area (Å²) < 4.78 is 79.9. The molecule has 3 aromatic rings. The minimum Gasteiger partial charge on any atom is -0.490 e. The van der Waals surface area contributed by atoms with Gasteiger partial charge in [0.25, 0.3) is 0 Å². The number of hydrogen-bond donors (Lipinski definition) is 0. The highest BCUT2D eigenvalue weighted by atomic mass is 19.2. The summed E-state index contributed by atoms with van der Waals surface area (Å²) in [6, 6.07) is 1.94. The van der Waals surface area contributed by atoms with Crippen LogP contribution in [0.1, 0.15) is 132 Å². The molecule has 0 radical (unpaired) electrons. The zero-order chi connectivity index (χ0) is 33.4. The Kier molecular flexibility index (Phi) is 10.2. The number of rotatable bonds is 6. The number of furan rings is 1. The molecule has 0 saturated heterocycles. The van der Waals surface area contributed by atoms with E-state index in [0.29, 0.717) is 43.3 Å². The summed E-state index contributed by atoms with van der Waals surface area (Å²) >= 11 is 0. The topological polar surface area (TPSA) is 40.8 Å². The zero-order valence-electron chi connectivity index (χ0n) is 28.5. The van der Waals surface area contributed by atoms with Crippen molar-refractivity contribution >= 4 is 11.0 Å². The summed E-state index contributed by atoms with van der Waals surface area (Å²) in [4.78, 5) is 0. The van der Waals surface area contributed by atoms with E-state index in [4.69, 9.17) is 18.6 Å². The minimum absolute atomic E-state index is 0.00454. The minimum atomic E-state index is -0.906. The van der Waals surface area contributed by atoms with Crippen molar-refractivity contribution < 1.29 is 36.2 Å². The predicted molar refractivity (Wildman–Crippen MR) is 178 cm³/mol. The third-order valence-corrected chi connectivity index (χ3v) is 11.8. The van der Waals surface area contributed by atoms with Gasteiger partial charge in [0.1, 0.15) is 11.9 Å². The average Bonchev–Trinajstić information content (AvgIpc) is 3.78. The van der Waals surface area contributed by atoms with Crippen LogP contribution in [0.4, 0.5) is 17.6 Å². The van der Waals surface area contributed by atoms with Gasteiger partial charge in [-0.1, -0.05) is 52.4 Å². The molecule has 1 atom stereocenters. The van der Waals surface area contributed by atoms with E-state index in [1.807, 2.05) is 6.07 Å². The van der Waals surface area contributed by atoms with Crippen molar-refractivity contribution in [2.24, 2.45) is 17.8 Å². The second kappa shape index (κ2) is 14.5. The molecule has 5 aliphatic rings. The first-order valence-corrected chi connectivity index (χ1v) is 18.8. The van der Waals surface area contributed by atoms with Gasteiger partial charge in [-0.15, -0.1) is 0 Å². The number of fused-ring (bicyclic) bond motifs is 6. The van der Waals surface area contributed by atoms with E-state index in [1.54, 1.807) is 0 Å². The van der Waals surface area contributed by atoms with Crippen LogP contribution >= 0.6 is 0 Å². The normalized spacial score (nSPS) is 26.3. The van der Waals surface area contributed by atoms with E-state index < -0.39 is 23.3 Å². The number of ether oxygens (including phenoxy) is 3. The van der Waals surface area contributed by atoms with Crippen LogP contribution in [-0.2, 0) is 19.3 Å². The zero-order valence-corrected chi connectivity index (χ0v) is 28.5. The molecule has 3 aliphatic heterocycles. The van der Waals surface area contributed by atoms with Crippen LogP contribution in [0.5, 0.6) is 17.2 Å². The molecule has 2 aromatic carbocycles. The van der Waals surface area contributed by atoms with E-state index in [9.17, 15) is 17.6 Å². The third-order valence-electron chi connectivity index (χ3n) is 11.8. The van der Waals surface area contributed by atoms with E-state index in [2.05, 4.69) is 13.8 Å². The van der Waals surface area contributed by atoms with Crippen molar-refractivity contribution in [2.45, 2.75) is 135 Å². The molecule has 2 aliphatic carbocycles. The van der Waals surface area contributed by atoms with Crippen LogP contribution in [-0.4, -0.2) is 19.3 Å². The van der Waals surface area contributed by atoms with Gasteiger partial charge in [-0.2, -0.15) is 17.6 Å². The van der Waals surface area contributed by atoms with Gasteiger partial charge in [0.2, 0.25) is 23.3 Å². The third kappa shape index (κ3) is 6.42. The first-order chi connectivity index (χ1) is 23.4. The van der Waals surface area contributed by atoms with Crippen molar-refractivity contribution in [1.82, 2.24) is 0 Å². The van der Waals surface area contributed by atoms with Gasteiger partial charge in [-0.25, -0.2) is 0 Å². The monoisotopic (exact) mass is 670 g/mol. The highest BCUT2D eigenvalue weighted by Gasteiger charge is 2.39. The standard InChI is InChI=1S/C20H26F2O2.C20H24F2O2/c2*1-2-4-12-6-8-13(9-7-12)16-11-15-14-5-3-10-23-19(14)17(21)18(22)20(15)24-16/h12-13,16H,2-11H2,1H3;11-13H,2-10H2,1H3. The Morgan fingerprint density at radius 3 is 1.85 bits per heavy atom. The molecular formula is C40H50F4O4. The molecule has 1 unspecified atom stereocenters. The molecule has 0 bridgehead atoms. The number of hydrogen-bond acceptors (Lipinski definition) is 4. The van der Waals surface area contributed by atoms with Crippen LogP contribution in [0.25, 0.3) is 11.0 Å². The first kappa shape index (κ1) is 33.6. The first-order valence-electron chi connectivity index (χ1n) is 18.8. The molecule has 1 aromatic heterocycles.